The fourth-order valence-corrected chi connectivity index (χ4v) is 5.65. The second-order valence-corrected chi connectivity index (χ2v) is 10.6. The average molecular weight is 510 g/mol. The molecule has 1 N–H and O–H groups in total. The summed E-state index contributed by atoms with van der Waals surface area (Å²) in [5.41, 5.74) is 4.52. The van der Waals surface area contributed by atoms with E-state index in [1.807, 2.05) is 23.2 Å². The molecule has 194 valence electrons. The molecule has 8 heteroatoms. The number of amides is 1. The molecule has 0 radical (unpaired) electrons. The first-order chi connectivity index (χ1) is 18.5. The Morgan fingerprint density at radius 2 is 1.84 bits per heavy atom. The van der Waals surface area contributed by atoms with Gasteiger partial charge in [-0.25, -0.2) is 4.98 Å². The SMILES string of the molecule is Cc1nc2c(=O)n(CC[C@@H]3CCN(C(=O)C4CC4)C3)c(-c3ccc(-c4ccc5[nH]ccc5c4)cc3)nc2o1.[HH]. The van der Waals surface area contributed by atoms with Crippen LogP contribution in [0.4, 0.5) is 0 Å². The number of nitrogens with zero attached hydrogens (tertiary/aromatic N) is 4. The van der Waals surface area contributed by atoms with Gasteiger partial charge >= 0.3 is 0 Å². The maximum absolute atomic E-state index is 13.5. The van der Waals surface area contributed by atoms with Gasteiger partial charge in [-0.15, -0.1) is 0 Å². The molecule has 1 saturated heterocycles. The van der Waals surface area contributed by atoms with Gasteiger partial charge in [-0.05, 0) is 66.3 Å². The summed E-state index contributed by atoms with van der Waals surface area (Å²) < 4.78 is 7.39. The number of aryl methyl sites for hydroxylation is 1. The summed E-state index contributed by atoms with van der Waals surface area (Å²) in [6.45, 7) is 3.84. The molecule has 3 aromatic heterocycles. The highest BCUT2D eigenvalue weighted by molar-refractivity contribution is 5.85. The third-order valence-corrected chi connectivity index (χ3v) is 7.94. The minimum absolute atomic E-state index is 0. The molecule has 7 rings (SSSR count). The second kappa shape index (κ2) is 8.97. The monoisotopic (exact) mass is 509 g/mol. The van der Waals surface area contributed by atoms with Crippen LogP contribution in [0.3, 0.4) is 0 Å². The van der Waals surface area contributed by atoms with Crippen molar-refractivity contribution in [3.8, 4) is 22.5 Å². The van der Waals surface area contributed by atoms with E-state index in [2.05, 4.69) is 46.4 Å². The molecule has 8 nitrogen and oxygen atoms in total. The standard InChI is InChI=1S/C30H29N5O3.H2/c1-18-32-26-28(38-18)33-27(21-4-2-20(3-5-21)23-8-9-25-24(16-23)10-13-31-25)35(30(26)37)15-12-19-11-14-34(17-19)29(36)22-6-7-22;/h2-5,8-10,13,16,19,22,31H,6-7,11-12,14-15,17H2,1H3;1H/t19-;/m0./s1. The fraction of sp³-hybridized carbons (Fsp3) is 0.333. The lowest BCUT2D eigenvalue weighted by Gasteiger charge is -2.17. The molecule has 2 fully saturated rings. The first-order valence-corrected chi connectivity index (χ1v) is 13.4. The van der Waals surface area contributed by atoms with Crippen molar-refractivity contribution in [3.63, 3.8) is 0 Å². The Bertz CT molecular complexity index is 1730. The maximum atomic E-state index is 13.5. The van der Waals surface area contributed by atoms with E-state index in [1.165, 1.54) is 0 Å². The predicted octanol–water partition coefficient (Wildman–Crippen LogP) is 5.40. The van der Waals surface area contributed by atoms with Crippen molar-refractivity contribution in [2.75, 3.05) is 13.1 Å². The van der Waals surface area contributed by atoms with Crippen molar-refractivity contribution in [2.45, 2.75) is 39.2 Å². The summed E-state index contributed by atoms with van der Waals surface area (Å²) in [4.78, 5) is 40.3. The Morgan fingerprint density at radius 3 is 2.66 bits per heavy atom. The zero-order valence-electron chi connectivity index (χ0n) is 21.3. The van der Waals surface area contributed by atoms with Crippen LogP contribution in [-0.4, -0.2) is 43.4 Å². The number of benzene rings is 2. The first-order valence-electron chi connectivity index (χ1n) is 13.4. The zero-order valence-corrected chi connectivity index (χ0v) is 21.3. The van der Waals surface area contributed by atoms with Gasteiger partial charge in [-0.3, -0.25) is 14.2 Å². The summed E-state index contributed by atoms with van der Waals surface area (Å²) >= 11 is 0. The zero-order chi connectivity index (χ0) is 25.8. The largest absolute Gasteiger partial charge is 0.422 e. The Labute approximate surface area is 220 Å². The molecule has 4 heterocycles. The van der Waals surface area contributed by atoms with Crippen molar-refractivity contribution in [3.05, 3.63) is 71.0 Å². The third-order valence-electron chi connectivity index (χ3n) is 7.94. The molecule has 2 aromatic carbocycles. The van der Waals surface area contributed by atoms with E-state index in [-0.39, 0.29) is 24.1 Å². The Kier molecular flexibility index (Phi) is 5.42. The summed E-state index contributed by atoms with van der Waals surface area (Å²) in [6.07, 6.45) is 5.78. The predicted molar refractivity (Wildman–Crippen MR) is 148 cm³/mol. The molecule has 0 unspecified atom stereocenters. The molecule has 1 aliphatic carbocycles. The minimum atomic E-state index is -0.187. The van der Waals surface area contributed by atoms with Gasteiger partial charge in [0.15, 0.2) is 11.4 Å². The number of fused-ring (bicyclic) bond motifs is 2. The highest BCUT2D eigenvalue weighted by Gasteiger charge is 2.36. The van der Waals surface area contributed by atoms with Crippen molar-refractivity contribution in [2.24, 2.45) is 11.8 Å². The number of oxazole rings is 1. The highest BCUT2D eigenvalue weighted by atomic mass is 16.4. The molecule has 2 aliphatic rings. The lowest BCUT2D eigenvalue weighted by molar-refractivity contribution is -0.131. The number of hydrogen-bond acceptors (Lipinski definition) is 5. The van der Waals surface area contributed by atoms with Crippen LogP contribution < -0.4 is 5.56 Å². The van der Waals surface area contributed by atoms with Gasteiger partial charge in [-0.1, -0.05) is 30.3 Å². The average Bonchev–Trinajstić information content (AvgIpc) is 3.30. The number of aromatic nitrogens is 4. The summed E-state index contributed by atoms with van der Waals surface area (Å²) in [7, 11) is 0. The van der Waals surface area contributed by atoms with Gasteiger partial charge in [0.05, 0.1) is 0 Å². The number of likely N-dealkylation sites (tertiary alicyclic amines) is 1. The van der Waals surface area contributed by atoms with Gasteiger partial charge < -0.3 is 14.3 Å². The quantitative estimate of drug-likeness (QED) is 0.330. The van der Waals surface area contributed by atoms with E-state index in [0.717, 1.165) is 66.4 Å². The summed E-state index contributed by atoms with van der Waals surface area (Å²) in [6, 6.07) is 16.6. The summed E-state index contributed by atoms with van der Waals surface area (Å²) in [5, 5.41) is 1.16. The van der Waals surface area contributed by atoms with Gasteiger partial charge in [0.25, 0.3) is 11.3 Å². The van der Waals surface area contributed by atoms with Gasteiger partial charge in [-0.2, -0.15) is 4.98 Å². The van der Waals surface area contributed by atoms with Crippen molar-refractivity contribution < 1.29 is 10.6 Å². The number of nitrogens with one attached hydrogen (secondary N) is 1. The van der Waals surface area contributed by atoms with Crippen LogP contribution in [0.25, 0.3) is 44.6 Å². The first kappa shape index (κ1) is 23.0. The fourth-order valence-electron chi connectivity index (χ4n) is 5.65. The lowest BCUT2D eigenvalue weighted by Crippen LogP contribution is -2.30. The molecule has 1 aliphatic heterocycles. The van der Waals surface area contributed by atoms with Gasteiger partial charge in [0.2, 0.25) is 5.91 Å². The van der Waals surface area contributed by atoms with E-state index in [1.54, 1.807) is 11.5 Å². The number of carbonyl (C=O) groups excluding carboxylic acids is 1. The maximum Gasteiger partial charge on any atom is 0.283 e. The third kappa shape index (κ3) is 4.10. The van der Waals surface area contributed by atoms with Crippen LogP contribution in [0, 0.1) is 18.8 Å². The van der Waals surface area contributed by atoms with Crippen molar-refractivity contribution in [1.29, 1.82) is 0 Å². The van der Waals surface area contributed by atoms with E-state index < -0.39 is 0 Å². The van der Waals surface area contributed by atoms with E-state index >= 15 is 0 Å². The smallest absolute Gasteiger partial charge is 0.283 e. The molecule has 1 atom stereocenters. The number of rotatable bonds is 6. The number of aromatic amines is 1. The molecule has 1 amide bonds. The Hall–Kier alpha value is -4.20. The van der Waals surface area contributed by atoms with Crippen LogP contribution in [0.5, 0.6) is 0 Å². The molecule has 0 spiro atoms. The van der Waals surface area contributed by atoms with Crippen molar-refractivity contribution >= 4 is 28.0 Å². The number of carbonyl (C=O) groups is 1. The molecular formula is C30H31N5O3. The molecule has 1 saturated carbocycles. The topological polar surface area (TPSA) is 97.0 Å². The molecule has 0 bridgehead atoms. The minimum Gasteiger partial charge on any atom is -0.422 e. The van der Waals surface area contributed by atoms with Gasteiger partial charge in [0, 0.05) is 51.2 Å². The van der Waals surface area contributed by atoms with Crippen LogP contribution in [0.2, 0.25) is 0 Å². The van der Waals surface area contributed by atoms with Crippen LogP contribution in [0.15, 0.2) is 63.9 Å². The van der Waals surface area contributed by atoms with Gasteiger partial charge in [0.1, 0.15) is 5.82 Å². The van der Waals surface area contributed by atoms with Crippen LogP contribution in [0.1, 0.15) is 33.0 Å². The van der Waals surface area contributed by atoms with Crippen LogP contribution in [-0.2, 0) is 11.3 Å². The second-order valence-electron chi connectivity index (χ2n) is 10.6. The number of H-pyrrole nitrogens is 1. The molecule has 38 heavy (non-hydrogen) atoms. The summed E-state index contributed by atoms with van der Waals surface area (Å²) in [5.74, 6) is 1.93. The van der Waals surface area contributed by atoms with E-state index in [9.17, 15) is 9.59 Å². The lowest BCUT2D eigenvalue weighted by atomic mass is 10.0. The molecular weight excluding hydrogens is 478 g/mol. The number of hydrogen-bond donors (Lipinski definition) is 1. The Balaban J connectivity index is 0.00000277. The highest BCUT2D eigenvalue weighted by Crippen LogP contribution is 2.34. The van der Waals surface area contributed by atoms with E-state index in [4.69, 9.17) is 9.40 Å². The molecule has 5 aromatic rings. The van der Waals surface area contributed by atoms with Crippen molar-refractivity contribution in [1.82, 2.24) is 24.4 Å². The Morgan fingerprint density at radius 1 is 1.05 bits per heavy atom. The van der Waals surface area contributed by atoms with E-state index in [0.29, 0.717) is 30.1 Å². The van der Waals surface area contributed by atoms with Crippen LogP contribution >= 0.6 is 0 Å². The normalized spacial score (nSPS) is 17.6.